The summed E-state index contributed by atoms with van der Waals surface area (Å²) >= 11 is 3.49. The van der Waals surface area contributed by atoms with Crippen molar-refractivity contribution in [3.8, 4) is 5.75 Å². The number of fused-ring (bicyclic) bond motifs is 1. The lowest BCUT2D eigenvalue weighted by molar-refractivity contribution is 0.176. The average Bonchev–Trinajstić information content (AvgIpc) is 2.95. The number of halogens is 1. The minimum atomic E-state index is -0.738. The number of aliphatic hydroxyl groups excluding tert-OH is 1. The highest BCUT2D eigenvalue weighted by Gasteiger charge is 2.15. The molecule has 0 spiro atoms. The van der Waals surface area contributed by atoms with Crippen LogP contribution in [-0.4, -0.2) is 23.2 Å². The molecule has 0 fully saturated rings. The molecule has 1 unspecified atom stereocenters. The third-order valence-electron chi connectivity index (χ3n) is 6.48. The van der Waals surface area contributed by atoms with Crippen LogP contribution in [-0.2, 0) is 13.0 Å². The summed E-state index contributed by atoms with van der Waals surface area (Å²) in [7, 11) is 0. The highest BCUT2D eigenvalue weighted by Crippen LogP contribution is 2.30. The van der Waals surface area contributed by atoms with Gasteiger partial charge in [-0.25, -0.2) is 0 Å². The fraction of sp³-hybridized carbons (Fsp3) is 0.156. The highest BCUT2D eigenvalue weighted by molar-refractivity contribution is 9.10. The first-order chi connectivity index (χ1) is 19.0. The summed E-state index contributed by atoms with van der Waals surface area (Å²) in [4.78, 5) is 15.0. The van der Waals surface area contributed by atoms with Gasteiger partial charge >= 0.3 is 0 Å². The highest BCUT2D eigenvalue weighted by atomic mass is 79.9. The molecule has 4 N–H and O–H groups in total. The van der Waals surface area contributed by atoms with E-state index in [0.29, 0.717) is 24.4 Å². The number of benzene rings is 4. The summed E-state index contributed by atoms with van der Waals surface area (Å²) in [6, 6.07) is 33.2. The molecule has 198 valence electrons. The Hall–Kier alpha value is -3.91. The maximum Gasteiger partial charge on any atom is 0.248 e. The molecule has 0 saturated carbocycles. The van der Waals surface area contributed by atoms with Crippen molar-refractivity contribution in [1.82, 2.24) is 10.3 Å². The minimum absolute atomic E-state index is 0.213. The van der Waals surface area contributed by atoms with Gasteiger partial charge in [-0.05, 0) is 72.1 Å². The zero-order chi connectivity index (χ0) is 27.0. The van der Waals surface area contributed by atoms with Crippen LogP contribution in [0, 0.1) is 0 Å². The topological polar surface area (TPSA) is 86.4 Å². The number of aromatic nitrogens is 1. The number of aromatic amines is 1. The van der Waals surface area contributed by atoms with Gasteiger partial charge in [0.05, 0.1) is 11.6 Å². The first-order valence-electron chi connectivity index (χ1n) is 12.9. The second kappa shape index (κ2) is 12.8. The zero-order valence-corrected chi connectivity index (χ0v) is 22.9. The van der Waals surface area contributed by atoms with Gasteiger partial charge in [-0.3, -0.25) is 4.79 Å². The summed E-state index contributed by atoms with van der Waals surface area (Å²) < 4.78 is 7.05. The van der Waals surface area contributed by atoms with Crippen molar-refractivity contribution < 1.29 is 9.84 Å². The Bertz CT molecular complexity index is 1590. The van der Waals surface area contributed by atoms with Crippen molar-refractivity contribution in [3.05, 3.63) is 135 Å². The third kappa shape index (κ3) is 7.15. The summed E-state index contributed by atoms with van der Waals surface area (Å²) in [5.74, 6) is 0.577. The molecule has 7 heteroatoms. The van der Waals surface area contributed by atoms with Crippen LogP contribution in [0.5, 0.6) is 5.75 Å². The Morgan fingerprint density at radius 3 is 2.46 bits per heavy atom. The number of rotatable bonds is 11. The van der Waals surface area contributed by atoms with Crippen LogP contribution >= 0.6 is 15.9 Å². The number of nitrogens with one attached hydrogen (secondary N) is 3. The van der Waals surface area contributed by atoms with Gasteiger partial charge < -0.3 is 25.5 Å². The second-order valence-electron chi connectivity index (χ2n) is 9.34. The summed E-state index contributed by atoms with van der Waals surface area (Å²) in [5.41, 5.74) is 5.42. The van der Waals surface area contributed by atoms with E-state index < -0.39 is 6.10 Å². The van der Waals surface area contributed by atoms with Crippen LogP contribution in [0.2, 0.25) is 0 Å². The van der Waals surface area contributed by atoms with Crippen LogP contribution < -0.4 is 20.9 Å². The molecule has 0 radical (unpaired) electrons. The maximum atomic E-state index is 12.1. The molecular weight excluding hydrogens is 554 g/mol. The van der Waals surface area contributed by atoms with Crippen molar-refractivity contribution in [3.63, 3.8) is 0 Å². The molecule has 0 amide bonds. The monoisotopic (exact) mass is 583 g/mol. The molecule has 1 aromatic heterocycles. The van der Waals surface area contributed by atoms with E-state index in [1.54, 1.807) is 6.07 Å². The number of hydrogen-bond donors (Lipinski definition) is 4. The predicted octanol–water partition coefficient (Wildman–Crippen LogP) is 6.48. The average molecular weight is 585 g/mol. The molecule has 0 aliphatic heterocycles. The molecule has 0 aliphatic carbocycles. The fourth-order valence-corrected chi connectivity index (χ4v) is 4.86. The molecule has 4 aromatic carbocycles. The molecule has 39 heavy (non-hydrogen) atoms. The van der Waals surface area contributed by atoms with Crippen molar-refractivity contribution in [1.29, 1.82) is 0 Å². The molecule has 0 aliphatic rings. The maximum absolute atomic E-state index is 12.1. The van der Waals surface area contributed by atoms with Crippen LogP contribution in [0.25, 0.3) is 10.9 Å². The number of ether oxygens (including phenoxy) is 1. The van der Waals surface area contributed by atoms with Crippen LogP contribution in [0.15, 0.2) is 112 Å². The Balaban J connectivity index is 1.17. The van der Waals surface area contributed by atoms with Gasteiger partial charge in [-0.1, -0.05) is 70.5 Å². The molecule has 6 nitrogen and oxygen atoms in total. The van der Waals surface area contributed by atoms with E-state index in [0.717, 1.165) is 45.3 Å². The van der Waals surface area contributed by atoms with Gasteiger partial charge in [-0.15, -0.1) is 0 Å². The Kier molecular flexibility index (Phi) is 8.73. The van der Waals surface area contributed by atoms with E-state index in [4.69, 9.17) is 4.74 Å². The van der Waals surface area contributed by atoms with E-state index in [2.05, 4.69) is 55.8 Å². The van der Waals surface area contributed by atoms with Crippen LogP contribution in [0.4, 0.5) is 11.4 Å². The fourth-order valence-electron chi connectivity index (χ4n) is 4.46. The van der Waals surface area contributed by atoms with Crippen molar-refractivity contribution in [2.24, 2.45) is 0 Å². The molecule has 0 saturated heterocycles. The SMILES string of the molecule is O=c1ccc2c(C(O)CNCCc3ccc(Nc4cccc(Br)c4)cc3)ccc(OCc3ccccc3)c2[nH]1. The molecule has 5 rings (SSSR count). The summed E-state index contributed by atoms with van der Waals surface area (Å²) in [6.07, 6.45) is 0.0999. The molecule has 5 aromatic rings. The molecule has 1 heterocycles. The standard InChI is InChI=1S/C32H30BrN3O3/c33-24-7-4-8-26(19-24)35-25-11-9-22(10-12-25)17-18-34-20-29(37)27-13-15-30(32-28(27)14-16-31(38)36-32)39-21-23-5-2-1-3-6-23/h1-16,19,29,34-35,37H,17-18,20-21H2,(H,36,38). The first-order valence-corrected chi connectivity index (χ1v) is 13.7. The lowest BCUT2D eigenvalue weighted by Crippen LogP contribution is -2.24. The lowest BCUT2D eigenvalue weighted by atomic mass is 10.0. The first kappa shape index (κ1) is 26.7. The van der Waals surface area contributed by atoms with Crippen molar-refractivity contribution >= 4 is 38.2 Å². The number of H-pyrrole nitrogens is 1. The summed E-state index contributed by atoms with van der Waals surface area (Å²) in [5, 5.41) is 18.5. The Labute approximate surface area is 235 Å². The van der Waals surface area contributed by atoms with Crippen LogP contribution in [0.1, 0.15) is 22.8 Å². The van der Waals surface area contributed by atoms with Crippen molar-refractivity contribution in [2.75, 3.05) is 18.4 Å². The lowest BCUT2D eigenvalue weighted by Gasteiger charge is -2.17. The van der Waals surface area contributed by atoms with E-state index in [1.165, 1.54) is 11.6 Å². The number of anilines is 2. The molecular formula is C32H30BrN3O3. The van der Waals surface area contributed by atoms with E-state index >= 15 is 0 Å². The third-order valence-corrected chi connectivity index (χ3v) is 6.98. The number of hydrogen-bond acceptors (Lipinski definition) is 5. The minimum Gasteiger partial charge on any atom is -0.487 e. The smallest absolute Gasteiger partial charge is 0.248 e. The largest absolute Gasteiger partial charge is 0.487 e. The van der Waals surface area contributed by atoms with E-state index in [1.807, 2.05) is 66.7 Å². The number of pyridine rings is 1. The van der Waals surface area contributed by atoms with Gasteiger partial charge in [0.25, 0.3) is 0 Å². The van der Waals surface area contributed by atoms with Gasteiger partial charge in [-0.2, -0.15) is 0 Å². The zero-order valence-electron chi connectivity index (χ0n) is 21.4. The van der Waals surface area contributed by atoms with Gasteiger partial charge in [0.2, 0.25) is 5.56 Å². The Morgan fingerprint density at radius 1 is 0.846 bits per heavy atom. The van der Waals surface area contributed by atoms with Gasteiger partial charge in [0, 0.05) is 33.8 Å². The second-order valence-corrected chi connectivity index (χ2v) is 10.3. The Morgan fingerprint density at radius 2 is 1.67 bits per heavy atom. The van der Waals surface area contributed by atoms with E-state index in [-0.39, 0.29) is 5.56 Å². The number of aliphatic hydroxyl groups is 1. The van der Waals surface area contributed by atoms with Crippen molar-refractivity contribution in [2.45, 2.75) is 19.1 Å². The summed E-state index contributed by atoms with van der Waals surface area (Å²) in [6.45, 7) is 1.50. The van der Waals surface area contributed by atoms with Crippen LogP contribution in [0.3, 0.4) is 0 Å². The van der Waals surface area contributed by atoms with E-state index in [9.17, 15) is 9.90 Å². The molecule has 1 atom stereocenters. The predicted molar refractivity (Wildman–Crippen MR) is 161 cm³/mol. The van der Waals surface area contributed by atoms with Gasteiger partial charge in [0.15, 0.2) is 0 Å². The normalized spacial score (nSPS) is 11.8. The van der Waals surface area contributed by atoms with Gasteiger partial charge in [0.1, 0.15) is 12.4 Å². The molecule has 0 bridgehead atoms. The quantitative estimate of drug-likeness (QED) is 0.134.